The van der Waals surface area contributed by atoms with E-state index in [2.05, 4.69) is 84.7 Å². The Hall–Kier alpha value is -10.4. The zero-order valence-corrected chi connectivity index (χ0v) is 66.5. The molecule has 0 radical (unpaired) electrons. The number of fused-ring (bicyclic) bond motifs is 12. The summed E-state index contributed by atoms with van der Waals surface area (Å²) in [5.41, 5.74) is 0.500. The first-order valence-electron chi connectivity index (χ1n) is 37.6. The number of hydrogen-bond acceptors (Lipinski definition) is 24. The third kappa shape index (κ3) is 40.9. The lowest BCUT2D eigenvalue weighted by molar-refractivity contribution is -0.139. The molecule has 0 heterocycles. The molecule has 0 unspecified atom stereocenters. The molecule has 0 aliphatic carbocycles. The SMILES string of the molecule is C=C(C)C(=O)OCCOC(=O)Nc1cc2c#cc3cc(OCCOCCOCCOC)cc(c#cc4cc(OCCOCCOCCOC)cc(c#cc5cc(OCCOCCOCCOC)cc(c#cc6cc(OCCOCCOCCOC)cc(c#cc7cc(OCCOCCOCCOC)cc(c#cc(c1)c2)c7)c6)c5)c4)c3. The number of carbonyl (C=O) groups is 2. The number of carbonyl (C=O) groups excluding carboxylic acids is 2. The third-order valence-electron chi connectivity index (χ3n) is 15.2. The number of rotatable bonds is 55. The van der Waals surface area contributed by atoms with Crippen LogP contribution >= 0.6 is 0 Å². The molecule has 0 aliphatic heterocycles. The van der Waals surface area contributed by atoms with Crippen LogP contribution in [-0.4, -0.2) is 259 Å². The average molecular weight is 1580 g/mol. The summed E-state index contributed by atoms with van der Waals surface area (Å²) in [4.78, 5) is 25.5. The molecule has 1 amide bonds. The summed E-state index contributed by atoms with van der Waals surface area (Å²) < 4.78 is 125. The molecule has 0 saturated carbocycles. The topological polar surface area (TPSA) is 249 Å². The summed E-state index contributed by atoms with van der Waals surface area (Å²) in [7, 11) is 8.09. The highest BCUT2D eigenvalue weighted by atomic mass is 16.6. The molecule has 0 saturated heterocycles. The maximum atomic E-state index is 13.4. The molecule has 0 spiro atoms. The first kappa shape index (κ1) is 91.7. The number of benzene rings is 6. The third-order valence-corrected chi connectivity index (χ3v) is 15.2. The van der Waals surface area contributed by atoms with Crippen LogP contribution in [0.2, 0.25) is 0 Å². The fourth-order valence-electron chi connectivity index (χ4n) is 9.80. The van der Waals surface area contributed by atoms with Crippen LogP contribution in [0.4, 0.5) is 10.5 Å². The van der Waals surface area contributed by atoms with Gasteiger partial charge >= 0.3 is 12.1 Å². The van der Waals surface area contributed by atoms with Crippen LogP contribution in [0.5, 0.6) is 28.7 Å². The molecule has 0 aliphatic rings. The monoisotopic (exact) mass is 1580 g/mol. The van der Waals surface area contributed by atoms with Gasteiger partial charge in [0.2, 0.25) is 0 Å². The molecule has 7 rings (SSSR count). The number of hydrogen-bond donors (Lipinski definition) is 1. The summed E-state index contributed by atoms with van der Waals surface area (Å²) in [5, 5.41) is 9.39. The molecule has 115 heavy (non-hydrogen) atoms. The molecule has 25 heteroatoms. The van der Waals surface area contributed by atoms with E-state index in [9.17, 15) is 9.59 Å². The molecule has 0 aromatic heterocycles. The Bertz CT molecular complexity index is 4100. The molecule has 12 bridgehead atoms. The van der Waals surface area contributed by atoms with Crippen molar-refractivity contribution < 1.29 is 114 Å². The largest absolute Gasteiger partial charge is 0.491 e. The molecule has 1 N–H and O–H groups in total. The van der Waals surface area contributed by atoms with Crippen molar-refractivity contribution in [1.82, 2.24) is 0 Å². The van der Waals surface area contributed by atoms with E-state index in [1.165, 1.54) is 6.92 Å². The van der Waals surface area contributed by atoms with Crippen molar-refractivity contribution >= 4 is 82.4 Å². The standard InChI is InChI=1S/C90H103NO24/c1-70(2)89(92)114-50-51-115-90(93)91-83-58-71-8-10-73-53-75(62-84(60-73)109-45-40-104-35-30-99-25-20-94-3)12-14-77-55-79(66-86(64-77)111-47-42-106-37-32-101-27-22-96-5)16-18-81-57-82(69-88(68-81)113-49-44-108-39-34-103-29-24-98-7)19-17-80-56-78(65-87(67-80)112-48-43-107-38-33-102-28-23-97-6)15-13-76-54-74(11-9-72(52-71)59-83)61-85(63-76)110-46-41-105-36-31-100-26-21-95-4/h52-69H,1,20-51H2,2-7H3,(H,91,93). The minimum Gasteiger partial charge on any atom is -0.491 e. The fourth-order valence-corrected chi connectivity index (χ4v) is 9.80. The maximum Gasteiger partial charge on any atom is 0.411 e. The maximum absolute atomic E-state index is 13.4. The van der Waals surface area contributed by atoms with Crippen molar-refractivity contribution in [3.63, 3.8) is 0 Å². The van der Waals surface area contributed by atoms with Crippen molar-refractivity contribution in [1.29, 1.82) is 0 Å². The van der Waals surface area contributed by atoms with Crippen LogP contribution in [0.25, 0.3) is 64.6 Å². The van der Waals surface area contributed by atoms with E-state index in [0.717, 1.165) is 0 Å². The van der Waals surface area contributed by atoms with Crippen molar-refractivity contribution in [3.8, 4) is 28.7 Å². The van der Waals surface area contributed by atoms with Gasteiger partial charge in [-0.25, -0.2) is 9.59 Å². The number of ether oxygens (including phenoxy) is 22. The van der Waals surface area contributed by atoms with Crippen LogP contribution in [0.3, 0.4) is 0 Å². The summed E-state index contributed by atoms with van der Waals surface area (Å²) >= 11 is 0. The highest BCUT2D eigenvalue weighted by Gasteiger charge is 2.09. The van der Waals surface area contributed by atoms with Crippen molar-refractivity contribution in [2.24, 2.45) is 0 Å². The Morgan fingerprint density at radius 3 is 0.609 bits per heavy atom. The molecular weight excluding hydrogens is 1480 g/mol. The van der Waals surface area contributed by atoms with Crippen LogP contribution in [-0.2, 0) is 85.3 Å². The minimum atomic E-state index is -0.824. The second kappa shape index (κ2) is 57.6. The van der Waals surface area contributed by atoms with Gasteiger partial charge in [0, 0.05) is 111 Å². The summed E-state index contributed by atoms with van der Waals surface area (Å²) in [5.74, 6) is 1.80. The van der Waals surface area contributed by atoms with E-state index in [1.807, 2.05) is 78.9 Å². The first-order chi connectivity index (χ1) is 56.4. The van der Waals surface area contributed by atoms with Gasteiger partial charge in [-0.05, 0) is 116 Å². The van der Waals surface area contributed by atoms with Gasteiger partial charge in [0.05, 0.1) is 165 Å². The number of nitrogens with one attached hydrogen (secondary N) is 1. The molecule has 7 aromatic carbocycles. The van der Waals surface area contributed by atoms with E-state index in [0.29, 0.717) is 231 Å². The Morgan fingerprint density at radius 1 is 0.243 bits per heavy atom. The van der Waals surface area contributed by atoms with Crippen molar-refractivity contribution in [3.05, 3.63) is 194 Å². The number of methoxy groups -OCH3 is 5. The Kier molecular flexibility index (Phi) is 45.9. The summed E-state index contributed by atoms with van der Waals surface area (Å²) in [6, 6.07) is 72.7. The van der Waals surface area contributed by atoms with Gasteiger partial charge in [-0.2, -0.15) is 0 Å². The van der Waals surface area contributed by atoms with Gasteiger partial charge in [0.1, 0.15) is 75.0 Å². The van der Waals surface area contributed by atoms with E-state index in [-0.39, 0.29) is 84.9 Å². The summed E-state index contributed by atoms with van der Waals surface area (Å²) in [6.45, 7) is 15.5. The van der Waals surface area contributed by atoms with Gasteiger partial charge in [0.25, 0.3) is 0 Å². The van der Waals surface area contributed by atoms with Crippen molar-refractivity contribution in [2.45, 2.75) is 6.92 Å². The normalized spacial score (nSPS) is 10.6. The van der Waals surface area contributed by atoms with Gasteiger partial charge in [0.15, 0.2) is 0 Å². The number of anilines is 1. The lowest BCUT2D eigenvalue weighted by atomic mass is 10.1. The Labute approximate surface area is 675 Å². The van der Waals surface area contributed by atoms with E-state index in [4.69, 9.17) is 104 Å². The Balaban J connectivity index is 1.43. The van der Waals surface area contributed by atoms with Crippen LogP contribution in [0, 0.1) is 72.8 Å². The quantitative estimate of drug-likeness (QED) is 0.0211. The van der Waals surface area contributed by atoms with Crippen LogP contribution in [0.1, 0.15) is 6.92 Å². The molecule has 0 fully saturated rings. The number of esters is 1. The van der Waals surface area contributed by atoms with Gasteiger partial charge < -0.3 is 104 Å². The Morgan fingerprint density at radius 2 is 0.417 bits per heavy atom. The zero-order chi connectivity index (χ0) is 81.2. The van der Waals surface area contributed by atoms with Gasteiger partial charge in [-0.3, -0.25) is 5.32 Å². The highest BCUT2D eigenvalue weighted by Crippen LogP contribution is 2.24. The predicted octanol–water partition coefficient (Wildman–Crippen LogP) is 12.2. The molecule has 7 aromatic rings. The zero-order valence-electron chi connectivity index (χ0n) is 66.5. The van der Waals surface area contributed by atoms with Gasteiger partial charge in [-0.15, -0.1) is 0 Å². The summed E-state index contributed by atoms with van der Waals surface area (Å²) in [6.07, 6.45) is -0.824. The van der Waals surface area contributed by atoms with E-state index < -0.39 is 12.1 Å². The smallest absolute Gasteiger partial charge is 0.411 e. The number of amides is 1. The molecular formula is C90H103NO24. The van der Waals surface area contributed by atoms with Crippen molar-refractivity contribution in [2.75, 3.05) is 252 Å². The highest BCUT2D eigenvalue weighted by molar-refractivity contribution is 5.89. The van der Waals surface area contributed by atoms with Crippen LogP contribution < -0.4 is 29.0 Å². The lowest BCUT2D eigenvalue weighted by Crippen LogP contribution is -2.18. The molecule has 612 valence electrons. The predicted molar refractivity (Wildman–Crippen MR) is 433 cm³/mol. The molecule has 0 atom stereocenters. The van der Waals surface area contributed by atoms with E-state index >= 15 is 0 Å². The minimum absolute atomic E-state index is 0.192. The van der Waals surface area contributed by atoms with Crippen LogP contribution in [0.15, 0.2) is 121 Å². The molecule has 25 nitrogen and oxygen atoms in total. The lowest BCUT2D eigenvalue weighted by Gasteiger charge is -2.08. The first-order valence-corrected chi connectivity index (χ1v) is 37.6. The van der Waals surface area contributed by atoms with Gasteiger partial charge in [-0.1, -0.05) is 79.4 Å². The second-order valence-corrected chi connectivity index (χ2v) is 24.5. The fraction of sp³-hybridized carbons (Fsp3) is 0.422. The van der Waals surface area contributed by atoms with E-state index in [1.54, 1.807) is 65.9 Å². The second-order valence-electron chi connectivity index (χ2n) is 24.5. The average Bonchev–Trinajstić information content (AvgIpc) is 0.848.